The van der Waals surface area contributed by atoms with Crippen LogP contribution in [0.15, 0.2) is 18.5 Å². The number of nitrogens with one attached hydrogen (secondary N) is 1. The zero-order chi connectivity index (χ0) is 15.4. The van der Waals surface area contributed by atoms with E-state index < -0.39 is 23.4 Å². The molecule has 1 unspecified atom stereocenters. The van der Waals surface area contributed by atoms with Gasteiger partial charge in [-0.1, -0.05) is 13.8 Å². The van der Waals surface area contributed by atoms with E-state index in [0.717, 1.165) is 12.3 Å². The van der Waals surface area contributed by atoms with Crippen LogP contribution in [0.4, 0.5) is 13.2 Å². The molecule has 0 radical (unpaired) electrons. The molecule has 1 aromatic heterocycles. The molecule has 0 saturated carbocycles. The Kier molecular flexibility index (Phi) is 5.53. The Balaban J connectivity index is 3.40. The molecule has 1 aromatic rings. The van der Waals surface area contributed by atoms with Crippen LogP contribution in [0.1, 0.15) is 43.9 Å². The minimum Gasteiger partial charge on any atom is -0.376 e. The van der Waals surface area contributed by atoms with Crippen LogP contribution in [0.5, 0.6) is 0 Å². The lowest BCUT2D eigenvalue weighted by Crippen LogP contribution is -2.44. The van der Waals surface area contributed by atoms with Crippen LogP contribution < -0.4 is 5.32 Å². The van der Waals surface area contributed by atoms with Crippen LogP contribution in [0.3, 0.4) is 0 Å². The number of likely N-dealkylation sites (N-methyl/N-ethyl adjacent to an activating group) is 1. The number of hydrogen-bond donors (Lipinski definition) is 1. The van der Waals surface area contributed by atoms with Crippen molar-refractivity contribution in [2.24, 2.45) is 0 Å². The van der Waals surface area contributed by atoms with Gasteiger partial charge in [0.2, 0.25) is 0 Å². The third-order valence-electron chi connectivity index (χ3n) is 3.89. The van der Waals surface area contributed by atoms with Crippen molar-refractivity contribution < 1.29 is 17.9 Å². The number of alkyl halides is 3. The highest BCUT2D eigenvalue weighted by Crippen LogP contribution is 2.40. The summed E-state index contributed by atoms with van der Waals surface area (Å²) in [5, 5.41) is 2.96. The van der Waals surface area contributed by atoms with Crippen molar-refractivity contribution in [2.75, 3.05) is 14.2 Å². The van der Waals surface area contributed by atoms with Gasteiger partial charge in [0.15, 0.2) is 0 Å². The zero-order valence-corrected chi connectivity index (χ0v) is 12.2. The van der Waals surface area contributed by atoms with Crippen molar-refractivity contribution in [1.82, 2.24) is 10.3 Å². The molecule has 0 aliphatic heterocycles. The molecule has 0 fully saturated rings. The quantitative estimate of drug-likeness (QED) is 0.869. The first kappa shape index (κ1) is 16.9. The summed E-state index contributed by atoms with van der Waals surface area (Å²) in [6.07, 6.45) is -0.793. The summed E-state index contributed by atoms with van der Waals surface area (Å²) in [5.74, 6) is 0. The molecule has 0 aromatic carbocycles. The first-order valence-corrected chi connectivity index (χ1v) is 6.59. The fraction of sp³-hybridized carbons (Fsp3) is 0.643. The zero-order valence-electron chi connectivity index (χ0n) is 12.2. The molecule has 1 atom stereocenters. The van der Waals surface area contributed by atoms with Gasteiger partial charge in [-0.15, -0.1) is 0 Å². The van der Waals surface area contributed by atoms with Gasteiger partial charge in [-0.05, 0) is 26.0 Å². The van der Waals surface area contributed by atoms with Crippen LogP contribution in [-0.4, -0.2) is 24.7 Å². The largest absolute Gasteiger partial charge is 0.416 e. The average Bonchev–Trinajstić information content (AvgIpc) is 2.44. The second-order valence-corrected chi connectivity index (χ2v) is 4.66. The van der Waals surface area contributed by atoms with E-state index in [4.69, 9.17) is 4.74 Å². The Morgan fingerprint density at radius 2 is 1.90 bits per heavy atom. The highest BCUT2D eigenvalue weighted by atomic mass is 19.4. The maximum absolute atomic E-state index is 13.1. The monoisotopic (exact) mass is 290 g/mol. The summed E-state index contributed by atoms with van der Waals surface area (Å²) >= 11 is 0. The van der Waals surface area contributed by atoms with Crippen LogP contribution in [0, 0.1) is 0 Å². The third kappa shape index (κ3) is 3.12. The summed E-state index contributed by atoms with van der Waals surface area (Å²) < 4.78 is 45.0. The number of ether oxygens (including phenoxy) is 1. The number of halogens is 3. The molecular formula is C14H21F3N2O. The van der Waals surface area contributed by atoms with Crippen LogP contribution in [0.25, 0.3) is 0 Å². The lowest BCUT2D eigenvalue weighted by atomic mass is 9.82. The number of methoxy groups -OCH3 is 1. The number of pyridine rings is 1. The predicted octanol–water partition coefficient (Wildman–Crippen LogP) is 3.57. The van der Waals surface area contributed by atoms with Gasteiger partial charge >= 0.3 is 6.18 Å². The Morgan fingerprint density at radius 3 is 2.30 bits per heavy atom. The highest BCUT2D eigenvalue weighted by Gasteiger charge is 2.42. The molecule has 0 aliphatic carbocycles. The van der Waals surface area contributed by atoms with Gasteiger partial charge in [0, 0.05) is 25.1 Å². The molecule has 0 spiro atoms. The van der Waals surface area contributed by atoms with Crippen molar-refractivity contribution in [3.8, 4) is 0 Å². The van der Waals surface area contributed by atoms with Crippen LogP contribution in [-0.2, 0) is 10.9 Å². The second-order valence-electron chi connectivity index (χ2n) is 4.66. The van der Waals surface area contributed by atoms with Crippen LogP contribution in [0.2, 0.25) is 0 Å². The normalized spacial score (nSPS) is 14.3. The van der Waals surface area contributed by atoms with Crippen molar-refractivity contribution in [2.45, 2.75) is 44.5 Å². The Morgan fingerprint density at radius 1 is 1.30 bits per heavy atom. The van der Waals surface area contributed by atoms with Gasteiger partial charge in [0.25, 0.3) is 0 Å². The first-order valence-electron chi connectivity index (χ1n) is 6.59. The lowest BCUT2D eigenvalue weighted by Gasteiger charge is -2.39. The van der Waals surface area contributed by atoms with Crippen molar-refractivity contribution in [3.05, 3.63) is 29.6 Å². The van der Waals surface area contributed by atoms with Gasteiger partial charge < -0.3 is 10.1 Å². The van der Waals surface area contributed by atoms with E-state index in [1.165, 1.54) is 13.3 Å². The topological polar surface area (TPSA) is 34.1 Å². The van der Waals surface area contributed by atoms with E-state index in [9.17, 15) is 13.2 Å². The minimum absolute atomic E-state index is 0.119. The van der Waals surface area contributed by atoms with E-state index >= 15 is 0 Å². The molecule has 20 heavy (non-hydrogen) atoms. The van der Waals surface area contributed by atoms with Crippen molar-refractivity contribution >= 4 is 0 Å². The Hall–Kier alpha value is -1.14. The maximum atomic E-state index is 13.1. The third-order valence-corrected chi connectivity index (χ3v) is 3.89. The molecule has 1 heterocycles. The van der Waals surface area contributed by atoms with Gasteiger partial charge in [0.1, 0.15) is 0 Å². The average molecular weight is 290 g/mol. The highest BCUT2D eigenvalue weighted by molar-refractivity contribution is 5.31. The van der Waals surface area contributed by atoms with E-state index in [0.29, 0.717) is 12.8 Å². The smallest absolute Gasteiger partial charge is 0.376 e. The van der Waals surface area contributed by atoms with E-state index in [1.807, 2.05) is 13.8 Å². The molecule has 1 N–H and O–H groups in total. The molecule has 6 heteroatoms. The lowest BCUT2D eigenvalue weighted by molar-refractivity contribution is -0.139. The standard InChI is InChI=1S/C14H21F3N2O/c1-5-13(6-2,20-4)12(18-3)10-9-19-8-7-11(10)14(15,16)17/h7-9,12,18H,5-6H2,1-4H3. The summed E-state index contributed by atoms with van der Waals surface area (Å²) in [7, 11) is 3.16. The number of hydrogen-bond acceptors (Lipinski definition) is 3. The molecule has 0 aliphatic rings. The SMILES string of the molecule is CCC(CC)(OC)C(NC)c1cnccc1C(F)(F)F. The summed E-state index contributed by atoms with van der Waals surface area (Å²) in [6, 6.07) is 0.429. The number of nitrogens with zero attached hydrogens (tertiary/aromatic N) is 1. The van der Waals surface area contributed by atoms with E-state index in [-0.39, 0.29) is 5.56 Å². The fourth-order valence-electron chi connectivity index (χ4n) is 2.66. The molecule has 0 bridgehead atoms. The minimum atomic E-state index is -4.41. The molecular weight excluding hydrogens is 269 g/mol. The van der Waals surface area contributed by atoms with Gasteiger partial charge in [-0.2, -0.15) is 13.2 Å². The summed E-state index contributed by atoms with van der Waals surface area (Å²) in [6.45, 7) is 3.81. The summed E-state index contributed by atoms with van der Waals surface area (Å²) in [5.41, 5.74) is -1.25. The van der Waals surface area contributed by atoms with Crippen molar-refractivity contribution in [1.29, 1.82) is 0 Å². The molecule has 3 nitrogen and oxygen atoms in total. The fourth-order valence-corrected chi connectivity index (χ4v) is 2.66. The number of rotatable bonds is 6. The van der Waals surface area contributed by atoms with Gasteiger partial charge in [-0.3, -0.25) is 4.98 Å². The Bertz CT molecular complexity index is 422. The van der Waals surface area contributed by atoms with E-state index in [2.05, 4.69) is 10.3 Å². The van der Waals surface area contributed by atoms with Crippen molar-refractivity contribution in [3.63, 3.8) is 0 Å². The molecule has 1 rings (SSSR count). The summed E-state index contributed by atoms with van der Waals surface area (Å²) in [4.78, 5) is 3.85. The van der Waals surface area contributed by atoms with Crippen LogP contribution >= 0.6 is 0 Å². The van der Waals surface area contributed by atoms with E-state index in [1.54, 1.807) is 7.05 Å². The molecule has 114 valence electrons. The first-order chi connectivity index (χ1) is 9.36. The molecule has 0 saturated heterocycles. The second kappa shape index (κ2) is 6.54. The van der Waals surface area contributed by atoms with Gasteiger partial charge in [-0.25, -0.2) is 0 Å². The predicted molar refractivity (Wildman–Crippen MR) is 71.4 cm³/mol. The number of aromatic nitrogens is 1. The molecule has 0 amide bonds. The van der Waals surface area contributed by atoms with Gasteiger partial charge in [0.05, 0.1) is 17.2 Å². The Labute approximate surface area is 117 Å². The maximum Gasteiger partial charge on any atom is 0.416 e.